The van der Waals surface area contributed by atoms with Gasteiger partial charge in [-0.05, 0) is 48.9 Å². The number of hydrogen-bond acceptors (Lipinski definition) is 2. The highest BCUT2D eigenvalue weighted by molar-refractivity contribution is 5.27. The first kappa shape index (κ1) is 15.1. The second-order valence-electron chi connectivity index (χ2n) is 5.66. The van der Waals surface area contributed by atoms with Gasteiger partial charge in [-0.2, -0.15) is 0 Å². The number of aliphatic hydroxyl groups excluding tert-OH is 2. The van der Waals surface area contributed by atoms with Gasteiger partial charge in [-0.15, -0.1) is 0 Å². The second kappa shape index (κ2) is 6.30. The molecule has 3 heteroatoms. The van der Waals surface area contributed by atoms with Gasteiger partial charge in [0.25, 0.3) is 0 Å². The van der Waals surface area contributed by atoms with Crippen LogP contribution in [0.1, 0.15) is 31.4 Å². The molecule has 0 fully saturated rings. The fourth-order valence-corrected chi connectivity index (χ4v) is 2.46. The first-order valence-corrected chi connectivity index (χ1v) is 6.39. The molecule has 2 N–H and O–H groups in total. The van der Waals surface area contributed by atoms with E-state index >= 15 is 0 Å². The maximum Gasteiger partial charge on any atom is 0.123 e. The minimum atomic E-state index is -0.563. The van der Waals surface area contributed by atoms with Crippen LogP contribution in [0.4, 0.5) is 4.39 Å². The third-order valence-electron chi connectivity index (χ3n) is 3.39. The van der Waals surface area contributed by atoms with Gasteiger partial charge < -0.3 is 10.2 Å². The van der Waals surface area contributed by atoms with E-state index in [1.165, 1.54) is 12.1 Å². The Bertz CT molecular complexity index is 384. The Morgan fingerprint density at radius 3 is 2.33 bits per heavy atom. The summed E-state index contributed by atoms with van der Waals surface area (Å²) in [6, 6.07) is 4.66. The molecule has 102 valence electrons. The summed E-state index contributed by atoms with van der Waals surface area (Å²) in [6.45, 7) is 5.86. The summed E-state index contributed by atoms with van der Waals surface area (Å²) in [5.74, 6) is 0.100. The molecule has 18 heavy (non-hydrogen) atoms. The van der Waals surface area contributed by atoms with E-state index in [0.717, 1.165) is 17.5 Å². The van der Waals surface area contributed by atoms with E-state index in [9.17, 15) is 14.6 Å². The Morgan fingerprint density at radius 1 is 1.22 bits per heavy atom. The maximum absolute atomic E-state index is 13.3. The van der Waals surface area contributed by atoms with Crippen molar-refractivity contribution in [1.82, 2.24) is 0 Å². The SMILES string of the molecule is Cc1ccc(F)cc1CC(CO)(CO)CC(C)C. The molecule has 0 atom stereocenters. The van der Waals surface area contributed by atoms with Crippen LogP contribution in [-0.2, 0) is 6.42 Å². The Morgan fingerprint density at radius 2 is 1.83 bits per heavy atom. The van der Waals surface area contributed by atoms with Gasteiger partial charge in [0.05, 0.1) is 13.2 Å². The Labute approximate surface area is 108 Å². The van der Waals surface area contributed by atoms with Crippen LogP contribution < -0.4 is 0 Å². The molecule has 0 heterocycles. The highest BCUT2D eigenvalue weighted by Gasteiger charge is 2.30. The summed E-state index contributed by atoms with van der Waals surface area (Å²) in [5, 5.41) is 19.2. The van der Waals surface area contributed by atoms with Gasteiger partial charge in [-0.25, -0.2) is 4.39 Å². The molecule has 0 aliphatic carbocycles. The van der Waals surface area contributed by atoms with Gasteiger partial charge in [0.1, 0.15) is 5.82 Å². The standard InChI is InChI=1S/C15H23FO2/c1-11(2)7-15(9-17,10-18)8-13-6-14(16)5-4-12(13)3/h4-6,11,17-18H,7-10H2,1-3H3. The molecule has 0 amide bonds. The molecule has 0 aromatic heterocycles. The van der Waals surface area contributed by atoms with Crippen molar-refractivity contribution in [2.75, 3.05) is 13.2 Å². The van der Waals surface area contributed by atoms with E-state index in [4.69, 9.17) is 0 Å². The van der Waals surface area contributed by atoms with Gasteiger partial charge in [0.2, 0.25) is 0 Å². The van der Waals surface area contributed by atoms with E-state index in [1.807, 2.05) is 6.92 Å². The number of aryl methyl sites for hydroxylation is 1. The molecule has 1 rings (SSSR count). The summed E-state index contributed by atoms with van der Waals surface area (Å²) in [7, 11) is 0. The van der Waals surface area contributed by atoms with Crippen molar-refractivity contribution in [3.05, 3.63) is 35.1 Å². The fraction of sp³-hybridized carbons (Fsp3) is 0.600. The monoisotopic (exact) mass is 254 g/mol. The maximum atomic E-state index is 13.3. The summed E-state index contributed by atoms with van der Waals surface area (Å²) in [6.07, 6.45) is 1.22. The molecular weight excluding hydrogens is 231 g/mol. The number of aliphatic hydroxyl groups is 2. The normalized spacial score (nSPS) is 12.2. The van der Waals surface area contributed by atoms with Crippen molar-refractivity contribution in [1.29, 1.82) is 0 Å². The van der Waals surface area contributed by atoms with Crippen LogP contribution in [0.25, 0.3) is 0 Å². The lowest BCUT2D eigenvalue weighted by molar-refractivity contribution is 0.0368. The first-order valence-electron chi connectivity index (χ1n) is 6.39. The van der Waals surface area contributed by atoms with Crippen LogP contribution in [-0.4, -0.2) is 23.4 Å². The van der Waals surface area contributed by atoms with Crippen LogP contribution in [0.15, 0.2) is 18.2 Å². The average molecular weight is 254 g/mol. The Kier molecular flexibility index (Phi) is 5.29. The molecule has 2 nitrogen and oxygen atoms in total. The van der Waals surface area contributed by atoms with E-state index in [2.05, 4.69) is 13.8 Å². The number of rotatable bonds is 6. The summed E-state index contributed by atoms with van der Waals surface area (Å²) < 4.78 is 13.3. The molecule has 0 radical (unpaired) electrons. The van der Waals surface area contributed by atoms with Crippen molar-refractivity contribution in [3.63, 3.8) is 0 Å². The van der Waals surface area contributed by atoms with Crippen LogP contribution in [0.5, 0.6) is 0 Å². The summed E-state index contributed by atoms with van der Waals surface area (Å²) in [4.78, 5) is 0. The predicted octanol–water partition coefficient (Wildman–Crippen LogP) is 2.69. The Balaban J connectivity index is 2.98. The molecule has 0 unspecified atom stereocenters. The number of halogens is 1. The molecule has 0 saturated heterocycles. The smallest absolute Gasteiger partial charge is 0.123 e. The summed E-state index contributed by atoms with van der Waals surface area (Å²) in [5.41, 5.74) is 1.29. The molecule has 0 spiro atoms. The van der Waals surface area contributed by atoms with Crippen molar-refractivity contribution in [2.45, 2.75) is 33.6 Å². The molecular formula is C15H23FO2. The summed E-state index contributed by atoms with van der Waals surface area (Å²) >= 11 is 0. The zero-order valence-corrected chi connectivity index (χ0v) is 11.4. The third-order valence-corrected chi connectivity index (χ3v) is 3.39. The molecule has 0 aliphatic heterocycles. The highest BCUT2D eigenvalue weighted by Crippen LogP contribution is 2.31. The minimum Gasteiger partial charge on any atom is -0.396 e. The minimum absolute atomic E-state index is 0.0857. The highest BCUT2D eigenvalue weighted by atomic mass is 19.1. The van der Waals surface area contributed by atoms with E-state index in [-0.39, 0.29) is 19.0 Å². The lowest BCUT2D eigenvalue weighted by Gasteiger charge is -2.32. The number of benzene rings is 1. The van der Waals surface area contributed by atoms with Crippen molar-refractivity contribution >= 4 is 0 Å². The molecule has 1 aromatic carbocycles. The van der Waals surface area contributed by atoms with E-state index < -0.39 is 5.41 Å². The van der Waals surface area contributed by atoms with E-state index in [0.29, 0.717) is 12.3 Å². The van der Waals surface area contributed by atoms with Gasteiger partial charge in [0, 0.05) is 5.41 Å². The largest absolute Gasteiger partial charge is 0.396 e. The average Bonchev–Trinajstić information content (AvgIpc) is 2.32. The third kappa shape index (κ3) is 3.79. The van der Waals surface area contributed by atoms with Gasteiger partial charge in [-0.1, -0.05) is 19.9 Å². The molecule has 1 aromatic rings. The van der Waals surface area contributed by atoms with Gasteiger partial charge in [0.15, 0.2) is 0 Å². The zero-order chi connectivity index (χ0) is 13.8. The van der Waals surface area contributed by atoms with Crippen LogP contribution in [0, 0.1) is 24.1 Å². The lowest BCUT2D eigenvalue weighted by atomic mass is 9.76. The molecule has 0 aliphatic rings. The van der Waals surface area contributed by atoms with Crippen molar-refractivity contribution in [3.8, 4) is 0 Å². The topological polar surface area (TPSA) is 40.5 Å². The van der Waals surface area contributed by atoms with Crippen LogP contribution >= 0.6 is 0 Å². The Hall–Kier alpha value is -0.930. The van der Waals surface area contributed by atoms with Crippen molar-refractivity contribution < 1.29 is 14.6 Å². The zero-order valence-electron chi connectivity index (χ0n) is 11.4. The quantitative estimate of drug-likeness (QED) is 0.819. The second-order valence-corrected chi connectivity index (χ2v) is 5.66. The first-order chi connectivity index (χ1) is 8.42. The number of hydrogen-bond donors (Lipinski definition) is 2. The van der Waals surface area contributed by atoms with Gasteiger partial charge in [-0.3, -0.25) is 0 Å². The van der Waals surface area contributed by atoms with Crippen molar-refractivity contribution in [2.24, 2.45) is 11.3 Å². The van der Waals surface area contributed by atoms with Gasteiger partial charge >= 0.3 is 0 Å². The molecule has 0 saturated carbocycles. The van der Waals surface area contributed by atoms with Crippen LogP contribution in [0.3, 0.4) is 0 Å². The van der Waals surface area contributed by atoms with Crippen LogP contribution in [0.2, 0.25) is 0 Å². The fourth-order valence-electron chi connectivity index (χ4n) is 2.46. The molecule has 0 bridgehead atoms. The van der Waals surface area contributed by atoms with E-state index in [1.54, 1.807) is 6.07 Å². The predicted molar refractivity (Wildman–Crippen MR) is 70.9 cm³/mol. The lowest BCUT2D eigenvalue weighted by Crippen LogP contribution is -2.34.